The quantitative estimate of drug-likeness (QED) is 0.395. The van der Waals surface area contributed by atoms with Gasteiger partial charge in [0.25, 0.3) is 0 Å². The third-order valence-corrected chi connectivity index (χ3v) is 6.32. The summed E-state index contributed by atoms with van der Waals surface area (Å²) in [6, 6.07) is 17.2. The molecule has 0 aliphatic rings. The lowest BCUT2D eigenvalue weighted by atomic mass is 10.1. The fraction of sp³-hybridized carbons (Fsp3) is 0.143. The fourth-order valence-electron chi connectivity index (χ4n) is 2.76. The average molecular weight is 395 g/mol. The molecule has 0 atom stereocenters. The summed E-state index contributed by atoms with van der Waals surface area (Å²) >= 11 is 3.17. The van der Waals surface area contributed by atoms with Crippen molar-refractivity contribution in [2.24, 2.45) is 0 Å². The van der Waals surface area contributed by atoms with Crippen molar-refractivity contribution in [2.75, 3.05) is 18.5 Å². The standard InChI is InChI=1S/C21H18N2O2S2/c1-23(12-11-16-9-6-14-26-16)21-22-18(17-10-5-13-25-17)20(27-21)19(24)15-7-3-2-4-8-15/h2-10,13-14H,11-12H2,1H3. The molecule has 3 heterocycles. The summed E-state index contributed by atoms with van der Waals surface area (Å²) in [4.78, 5) is 21.8. The Kier molecular flexibility index (Phi) is 5.18. The molecule has 0 aliphatic heterocycles. The highest BCUT2D eigenvalue weighted by Gasteiger charge is 2.23. The molecule has 0 saturated heterocycles. The van der Waals surface area contributed by atoms with Crippen LogP contribution in [0.1, 0.15) is 20.1 Å². The van der Waals surface area contributed by atoms with Gasteiger partial charge in [0.05, 0.1) is 6.26 Å². The van der Waals surface area contributed by atoms with Crippen molar-refractivity contribution in [3.05, 3.63) is 81.6 Å². The van der Waals surface area contributed by atoms with Crippen LogP contribution in [-0.2, 0) is 6.42 Å². The normalized spacial score (nSPS) is 10.9. The third-order valence-electron chi connectivity index (χ3n) is 4.21. The van der Waals surface area contributed by atoms with Crippen LogP contribution in [0.4, 0.5) is 5.13 Å². The summed E-state index contributed by atoms with van der Waals surface area (Å²) < 4.78 is 5.53. The van der Waals surface area contributed by atoms with E-state index in [-0.39, 0.29) is 5.78 Å². The molecule has 4 nitrogen and oxygen atoms in total. The molecule has 3 aromatic heterocycles. The lowest BCUT2D eigenvalue weighted by Crippen LogP contribution is -2.19. The van der Waals surface area contributed by atoms with E-state index in [9.17, 15) is 4.79 Å². The van der Waals surface area contributed by atoms with E-state index in [1.807, 2.05) is 49.5 Å². The Labute approximate surface area is 165 Å². The minimum Gasteiger partial charge on any atom is -0.463 e. The highest BCUT2D eigenvalue weighted by atomic mass is 32.1. The van der Waals surface area contributed by atoms with Gasteiger partial charge in [-0.15, -0.1) is 11.3 Å². The number of benzene rings is 1. The third kappa shape index (κ3) is 3.86. The number of aromatic nitrogens is 1. The fourth-order valence-corrected chi connectivity index (χ4v) is 4.47. The van der Waals surface area contributed by atoms with Crippen molar-refractivity contribution in [3.63, 3.8) is 0 Å². The largest absolute Gasteiger partial charge is 0.463 e. The van der Waals surface area contributed by atoms with Crippen LogP contribution >= 0.6 is 22.7 Å². The molecule has 27 heavy (non-hydrogen) atoms. The van der Waals surface area contributed by atoms with Gasteiger partial charge < -0.3 is 9.32 Å². The second-order valence-corrected chi connectivity index (χ2v) is 8.11. The van der Waals surface area contributed by atoms with Crippen LogP contribution < -0.4 is 4.90 Å². The predicted octanol–water partition coefficient (Wildman–Crippen LogP) is 5.37. The molecule has 0 amide bonds. The van der Waals surface area contributed by atoms with Crippen LogP contribution in [0.5, 0.6) is 0 Å². The molecule has 6 heteroatoms. The molecule has 0 N–H and O–H groups in total. The van der Waals surface area contributed by atoms with E-state index in [2.05, 4.69) is 22.4 Å². The van der Waals surface area contributed by atoms with E-state index in [1.54, 1.807) is 17.6 Å². The maximum Gasteiger partial charge on any atom is 0.205 e. The molecule has 0 bridgehead atoms. The Bertz CT molecular complexity index is 1010. The smallest absolute Gasteiger partial charge is 0.205 e. The van der Waals surface area contributed by atoms with E-state index in [0.717, 1.165) is 18.1 Å². The number of furan rings is 1. The SMILES string of the molecule is CN(CCc1cccs1)c1nc(-c2ccco2)c(C(=O)c2ccccc2)s1. The summed E-state index contributed by atoms with van der Waals surface area (Å²) in [6.07, 6.45) is 2.55. The number of carbonyl (C=O) groups excluding carboxylic acids is 1. The van der Waals surface area contributed by atoms with Gasteiger partial charge in [-0.1, -0.05) is 47.7 Å². The van der Waals surface area contributed by atoms with Crippen LogP contribution in [0, 0.1) is 0 Å². The molecule has 4 rings (SSSR count). The maximum absolute atomic E-state index is 13.1. The van der Waals surface area contributed by atoms with Gasteiger partial charge in [0.15, 0.2) is 10.9 Å². The van der Waals surface area contributed by atoms with Crippen LogP contribution in [0.15, 0.2) is 70.7 Å². The van der Waals surface area contributed by atoms with E-state index >= 15 is 0 Å². The highest BCUT2D eigenvalue weighted by molar-refractivity contribution is 7.18. The van der Waals surface area contributed by atoms with Crippen LogP contribution in [0.3, 0.4) is 0 Å². The molecular formula is C21H18N2O2S2. The Morgan fingerprint density at radius 2 is 1.96 bits per heavy atom. The number of nitrogens with zero attached hydrogens (tertiary/aromatic N) is 2. The van der Waals surface area contributed by atoms with E-state index in [1.165, 1.54) is 16.2 Å². The van der Waals surface area contributed by atoms with E-state index in [4.69, 9.17) is 9.40 Å². The number of ketones is 1. The number of rotatable bonds is 7. The molecule has 136 valence electrons. The first kappa shape index (κ1) is 17.7. The maximum atomic E-state index is 13.1. The number of carbonyl (C=O) groups is 1. The second kappa shape index (κ2) is 7.90. The van der Waals surface area contributed by atoms with Crippen molar-refractivity contribution in [1.29, 1.82) is 0 Å². The molecule has 0 unspecified atom stereocenters. The van der Waals surface area contributed by atoms with Crippen molar-refractivity contribution in [2.45, 2.75) is 6.42 Å². The lowest BCUT2D eigenvalue weighted by Gasteiger charge is -2.14. The summed E-state index contributed by atoms with van der Waals surface area (Å²) in [7, 11) is 2.01. The Morgan fingerprint density at radius 3 is 2.67 bits per heavy atom. The predicted molar refractivity (Wildman–Crippen MR) is 111 cm³/mol. The van der Waals surface area contributed by atoms with Crippen LogP contribution in [-0.4, -0.2) is 24.4 Å². The number of thiazole rings is 1. The van der Waals surface area contributed by atoms with Crippen molar-refractivity contribution in [3.8, 4) is 11.5 Å². The zero-order valence-corrected chi connectivity index (χ0v) is 16.4. The zero-order chi connectivity index (χ0) is 18.6. The van der Waals surface area contributed by atoms with Gasteiger partial charge in [0.2, 0.25) is 5.78 Å². The van der Waals surface area contributed by atoms with Gasteiger partial charge in [-0.3, -0.25) is 4.79 Å². The minimum atomic E-state index is -0.0302. The van der Waals surface area contributed by atoms with Crippen molar-refractivity contribution >= 4 is 33.6 Å². The van der Waals surface area contributed by atoms with E-state index in [0.29, 0.717) is 21.9 Å². The van der Waals surface area contributed by atoms with Crippen LogP contribution in [0.25, 0.3) is 11.5 Å². The van der Waals surface area contributed by atoms with Gasteiger partial charge in [0.1, 0.15) is 10.6 Å². The number of likely N-dealkylation sites (N-methyl/N-ethyl adjacent to an activating group) is 1. The molecule has 0 saturated carbocycles. The highest BCUT2D eigenvalue weighted by Crippen LogP contribution is 2.34. The first-order valence-electron chi connectivity index (χ1n) is 8.60. The van der Waals surface area contributed by atoms with Crippen molar-refractivity contribution < 1.29 is 9.21 Å². The summed E-state index contributed by atoms with van der Waals surface area (Å²) in [5.74, 6) is 0.584. The molecular weight excluding hydrogens is 376 g/mol. The van der Waals surface area contributed by atoms with Gasteiger partial charge in [-0.25, -0.2) is 4.98 Å². The molecule has 0 aliphatic carbocycles. The first-order chi connectivity index (χ1) is 13.2. The number of hydrogen-bond acceptors (Lipinski definition) is 6. The van der Waals surface area contributed by atoms with Gasteiger partial charge in [-0.2, -0.15) is 0 Å². The molecule has 0 spiro atoms. The molecule has 0 radical (unpaired) electrons. The topological polar surface area (TPSA) is 46.3 Å². The monoisotopic (exact) mass is 394 g/mol. The van der Waals surface area contributed by atoms with E-state index < -0.39 is 0 Å². The molecule has 0 fully saturated rings. The van der Waals surface area contributed by atoms with Crippen molar-refractivity contribution in [1.82, 2.24) is 4.98 Å². The average Bonchev–Trinajstić information content (AvgIpc) is 3.47. The summed E-state index contributed by atoms with van der Waals surface area (Å²) in [5.41, 5.74) is 1.26. The summed E-state index contributed by atoms with van der Waals surface area (Å²) in [5, 5.41) is 2.90. The lowest BCUT2D eigenvalue weighted by molar-refractivity contribution is 0.104. The Morgan fingerprint density at radius 1 is 1.11 bits per heavy atom. The Balaban J connectivity index is 1.64. The zero-order valence-electron chi connectivity index (χ0n) is 14.8. The second-order valence-electron chi connectivity index (χ2n) is 6.10. The van der Waals surface area contributed by atoms with Gasteiger partial charge in [0, 0.05) is 24.0 Å². The number of anilines is 1. The number of thiophene rings is 1. The van der Waals surface area contributed by atoms with Gasteiger partial charge >= 0.3 is 0 Å². The summed E-state index contributed by atoms with van der Waals surface area (Å²) in [6.45, 7) is 0.838. The Hall–Kier alpha value is -2.70. The molecule has 1 aromatic carbocycles. The first-order valence-corrected chi connectivity index (χ1v) is 10.3. The van der Waals surface area contributed by atoms with Crippen LogP contribution in [0.2, 0.25) is 0 Å². The molecule has 4 aromatic rings. The van der Waals surface area contributed by atoms with Gasteiger partial charge in [-0.05, 0) is 30.0 Å². The minimum absolute atomic E-state index is 0.0302. The number of hydrogen-bond donors (Lipinski definition) is 0.